The average Bonchev–Trinajstić information content (AvgIpc) is 2.80. The van der Waals surface area contributed by atoms with Crippen molar-refractivity contribution in [2.45, 2.75) is 38.2 Å². The zero-order chi connectivity index (χ0) is 15.6. The van der Waals surface area contributed by atoms with Crippen LogP contribution in [0.3, 0.4) is 0 Å². The van der Waals surface area contributed by atoms with Crippen LogP contribution < -0.4 is 4.72 Å². The molecule has 114 valence electrons. The van der Waals surface area contributed by atoms with Crippen LogP contribution in [-0.2, 0) is 16.6 Å². The van der Waals surface area contributed by atoms with E-state index in [1.807, 2.05) is 12.1 Å². The summed E-state index contributed by atoms with van der Waals surface area (Å²) in [5.41, 5.74) is 2.11. The van der Waals surface area contributed by atoms with Gasteiger partial charge in [-0.25, -0.2) is 8.42 Å². The number of benzene rings is 1. The standard InChI is InChI=1S/C14H19N3O3S/c1-9(2)11-4-6-12(7-5-11)17-21(19,20)14-10(3)15-16-13(14)8-18/h4-7,9,17-18H,8H2,1-3H3,(H,15,16). The zero-order valence-corrected chi connectivity index (χ0v) is 13.0. The van der Waals surface area contributed by atoms with Crippen LogP contribution in [0.25, 0.3) is 0 Å². The van der Waals surface area contributed by atoms with Crippen LogP contribution in [-0.4, -0.2) is 23.7 Å². The summed E-state index contributed by atoms with van der Waals surface area (Å²) in [5, 5.41) is 15.5. The first kappa shape index (κ1) is 15.5. The van der Waals surface area contributed by atoms with Gasteiger partial charge in [-0.15, -0.1) is 0 Å². The Balaban J connectivity index is 2.31. The summed E-state index contributed by atoms with van der Waals surface area (Å²) in [5.74, 6) is 0.382. The molecule has 3 N–H and O–H groups in total. The van der Waals surface area contributed by atoms with Crippen LogP contribution in [0.1, 0.15) is 36.7 Å². The summed E-state index contributed by atoms with van der Waals surface area (Å²) in [7, 11) is -3.78. The highest BCUT2D eigenvalue weighted by molar-refractivity contribution is 7.92. The number of aryl methyl sites for hydroxylation is 1. The van der Waals surface area contributed by atoms with Gasteiger partial charge < -0.3 is 5.11 Å². The smallest absolute Gasteiger partial charge is 0.265 e. The summed E-state index contributed by atoms with van der Waals surface area (Å²) in [6, 6.07) is 7.22. The Hall–Kier alpha value is -1.86. The fraction of sp³-hybridized carbons (Fsp3) is 0.357. The number of aromatic nitrogens is 2. The molecule has 1 aromatic heterocycles. The lowest BCUT2D eigenvalue weighted by Gasteiger charge is -2.10. The Morgan fingerprint density at radius 3 is 2.43 bits per heavy atom. The fourth-order valence-corrected chi connectivity index (χ4v) is 3.49. The van der Waals surface area contributed by atoms with Crippen molar-refractivity contribution in [1.82, 2.24) is 10.2 Å². The molecule has 0 aliphatic heterocycles. The molecule has 6 nitrogen and oxygen atoms in total. The highest BCUT2D eigenvalue weighted by Crippen LogP contribution is 2.23. The van der Waals surface area contributed by atoms with Crippen LogP contribution in [0, 0.1) is 6.92 Å². The van der Waals surface area contributed by atoms with Crippen molar-refractivity contribution < 1.29 is 13.5 Å². The topological polar surface area (TPSA) is 95.1 Å². The molecule has 0 amide bonds. The SMILES string of the molecule is Cc1[nH]nc(CO)c1S(=O)(=O)Nc1ccc(C(C)C)cc1. The maximum absolute atomic E-state index is 12.4. The van der Waals surface area contributed by atoms with Gasteiger partial charge >= 0.3 is 0 Å². The minimum Gasteiger partial charge on any atom is -0.390 e. The summed E-state index contributed by atoms with van der Waals surface area (Å²) in [4.78, 5) is -0.00191. The van der Waals surface area contributed by atoms with Crippen molar-refractivity contribution in [2.24, 2.45) is 0 Å². The number of rotatable bonds is 5. The number of aliphatic hydroxyl groups is 1. The van der Waals surface area contributed by atoms with E-state index in [-0.39, 0.29) is 10.6 Å². The molecule has 0 unspecified atom stereocenters. The Morgan fingerprint density at radius 2 is 1.90 bits per heavy atom. The van der Waals surface area contributed by atoms with E-state index in [0.29, 0.717) is 17.3 Å². The molecular formula is C14H19N3O3S. The van der Waals surface area contributed by atoms with Gasteiger partial charge in [0.15, 0.2) is 0 Å². The van der Waals surface area contributed by atoms with Crippen molar-refractivity contribution in [2.75, 3.05) is 4.72 Å². The second kappa shape index (κ2) is 5.87. The number of nitrogens with one attached hydrogen (secondary N) is 2. The number of H-pyrrole nitrogens is 1. The summed E-state index contributed by atoms with van der Waals surface area (Å²) < 4.78 is 27.3. The minimum atomic E-state index is -3.78. The second-order valence-electron chi connectivity index (χ2n) is 5.16. The number of nitrogens with zero attached hydrogens (tertiary/aromatic N) is 1. The monoisotopic (exact) mass is 309 g/mol. The molecule has 0 saturated heterocycles. The van der Waals surface area contributed by atoms with E-state index >= 15 is 0 Å². The third-order valence-corrected chi connectivity index (χ3v) is 4.79. The van der Waals surface area contributed by atoms with Crippen molar-refractivity contribution in [1.29, 1.82) is 0 Å². The molecular weight excluding hydrogens is 290 g/mol. The van der Waals surface area contributed by atoms with Gasteiger partial charge in [0.1, 0.15) is 10.6 Å². The molecule has 0 fully saturated rings. The number of hydrogen-bond donors (Lipinski definition) is 3. The van der Waals surface area contributed by atoms with E-state index in [9.17, 15) is 13.5 Å². The van der Waals surface area contributed by atoms with Gasteiger partial charge in [0.05, 0.1) is 12.3 Å². The summed E-state index contributed by atoms with van der Waals surface area (Å²) in [6.45, 7) is 5.30. The molecule has 1 heterocycles. The quantitative estimate of drug-likeness (QED) is 0.788. The van der Waals surface area contributed by atoms with Crippen molar-refractivity contribution in [3.05, 3.63) is 41.2 Å². The van der Waals surface area contributed by atoms with E-state index in [2.05, 4.69) is 28.8 Å². The van der Waals surface area contributed by atoms with Gasteiger partial charge in [0.25, 0.3) is 10.0 Å². The third kappa shape index (κ3) is 3.25. The lowest BCUT2D eigenvalue weighted by Crippen LogP contribution is -2.15. The molecule has 2 aromatic rings. The molecule has 0 atom stereocenters. The first-order valence-electron chi connectivity index (χ1n) is 6.62. The highest BCUT2D eigenvalue weighted by atomic mass is 32.2. The number of aromatic amines is 1. The Labute approximate surface area is 124 Å². The minimum absolute atomic E-state index is 0.00191. The first-order chi connectivity index (χ1) is 9.85. The molecule has 0 spiro atoms. The number of aliphatic hydroxyl groups excluding tert-OH is 1. The predicted octanol–water partition coefficient (Wildman–Crippen LogP) is 2.13. The molecule has 0 saturated carbocycles. The lowest BCUT2D eigenvalue weighted by atomic mass is 10.0. The van der Waals surface area contributed by atoms with Gasteiger partial charge in [-0.3, -0.25) is 9.82 Å². The van der Waals surface area contributed by atoms with Crippen molar-refractivity contribution >= 4 is 15.7 Å². The van der Waals surface area contributed by atoms with Gasteiger partial charge in [0, 0.05) is 5.69 Å². The van der Waals surface area contributed by atoms with Gasteiger partial charge in [-0.05, 0) is 30.5 Å². The van der Waals surface area contributed by atoms with Crippen LogP contribution in [0.5, 0.6) is 0 Å². The van der Waals surface area contributed by atoms with Gasteiger partial charge in [-0.1, -0.05) is 26.0 Å². The molecule has 0 aliphatic rings. The number of anilines is 1. The van der Waals surface area contributed by atoms with Crippen LogP contribution >= 0.6 is 0 Å². The second-order valence-corrected chi connectivity index (χ2v) is 6.78. The largest absolute Gasteiger partial charge is 0.390 e. The average molecular weight is 309 g/mol. The van der Waals surface area contributed by atoms with E-state index in [4.69, 9.17) is 0 Å². The van der Waals surface area contributed by atoms with Crippen LogP contribution in [0.4, 0.5) is 5.69 Å². The summed E-state index contributed by atoms with van der Waals surface area (Å²) >= 11 is 0. The van der Waals surface area contributed by atoms with Crippen molar-refractivity contribution in [3.63, 3.8) is 0 Å². The third-order valence-electron chi connectivity index (χ3n) is 3.21. The normalized spacial score (nSPS) is 11.9. The molecule has 7 heteroatoms. The lowest BCUT2D eigenvalue weighted by molar-refractivity contribution is 0.273. The molecule has 21 heavy (non-hydrogen) atoms. The molecule has 0 bridgehead atoms. The summed E-state index contributed by atoms with van der Waals surface area (Å²) in [6.07, 6.45) is 0. The molecule has 1 aromatic carbocycles. The Kier molecular flexibility index (Phi) is 4.34. The fourth-order valence-electron chi connectivity index (χ4n) is 2.08. The number of hydrogen-bond acceptors (Lipinski definition) is 4. The molecule has 2 rings (SSSR count). The van der Waals surface area contributed by atoms with E-state index in [1.54, 1.807) is 19.1 Å². The maximum atomic E-state index is 12.4. The number of sulfonamides is 1. The van der Waals surface area contributed by atoms with Crippen LogP contribution in [0.15, 0.2) is 29.2 Å². The van der Waals surface area contributed by atoms with E-state index in [1.165, 1.54) is 0 Å². The first-order valence-corrected chi connectivity index (χ1v) is 8.11. The zero-order valence-electron chi connectivity index (χ0n) is 12.2. The maximum Gasteiger partial charge on any atom is 0.265 e. The van der Waals surface area contributed by atoms with Crippen LogP contribution in [0.2, 0.25) is 0 Å². The van der Waals surface area contributed by atoms with E-state index < -0.39 is 16.6 Å². The van der Waals surface area contributed by atoms with E-state index in [0.717, 1.165) is 5.56 Å². The predicted molar refractivity (Wildman–Crippen MR) is 80.6 cm³/mol. The molecule has 0 radical (unpaired) electrons. The Morgan fingerprint density at radius 1 is 1.29 bits per heavy atom. The Bertz CT molecular complexity index is 718. The van der Waals surface area contributed by atoms with Crippen molar-refractivity contribution in [3.8, 4) is 0 Å². The van der Waals surface area contributed by atoms with Gasteiger partial charge in [0.2, 0.25) is 0 Å². The highest BCUT2D eigenvalue weighted by Gasteiger charge is 2.24. The molecule has 0 aliphatic carbocycles. The van der Waals surface area contributed by atoms with Gasteiger partial charge in [-0.2, -0.15) is 5.10 Å².